The van der Waals surface area contributed by atoms with Gasteiger partial charge in [-0.1, -0.05) is 31.0 Å². The van der Waals surface area contributed by atoms with E-state index >= 15 is 0 Å². The van der Waals surface area contributed by atoms with Crippen molar-refractivity contribution in [1.82, 2.24) is 5.32 Å². The molecule has 1 aromatic rings. The maximum atomic E-state index is 3.69. The Morgan fingerprint density at radius 2 is 1.88 bits per heavy atom. The molecule has 1 atom stereocenters. The first-order chi connectivity index (χ1) is 8.16. The zero-order valence-corrected chi connectivity index (χ0v) is 11.4. The van der Waals surface area contributed by atoms with Gasteiger partial charge in [-0.3, -0.25) is 0 Å². The van der Waals surface area contributed by atoms with Gasteiger partial charge >= 0.3 is 0 Å². The topological polar surface area (TPSA) is 12.0 Å². The van der Waals surface area contributed by atoms with Gasteiger partial charge in [0, 0.05) is 12.6 Å². The lowest BCUT2D eigenvalue weighted by Crippen LogP contribution is -2.31. The lowest BCUT2D eigenvalue weighted by molar-refractivity contribution is 0.380. The van der Waals surface area contributed by atoms with Gasteiger partial charge in [0.25, 0.3) is 0 Å². The van der Waals surface area contributed by atoms with Crippen LogP contribution in [0.2, 0.25) is 0 Å². The van der Waals surface area contributed by atoms with Crippen molar-refractivity contribution < 1.29 is 0 Å². The number of rotatable bonds is 4. The van der Waals surface area contributed by atoms with Crippen LogP contribution >= 0.6 is 0 Å². The van der Waals surface area contributed by atoms with Gasteiger partial charge in [-0.25, -0.2) is 0 Å². The molecule has 1 fully saturated rings. The van der Waals surface area contributed by atoms with E-state index in [0.29, 0.717) is 6.04 Å². The van der Waals surface area contributed by atoms with E-state index in [0.717, 1.165) is 12.5 Å². The van der Waals surface area contributed by atoms with Crippen molar-refractivity contribution >= 4 is 0 Å². The molecule has 0 spiro atoms. The summed E-state index contributed by atoms with van der Waals surface area (Å²) in [6.07, 6.45) is 5.70. The molecule has 0 aliphatic heterocycles. The highest BCUT2D eigenvalue weighted by atomic mass is 14.9. The maximum Gasteiger partial charge on any atom is 0.0208 e. The van der Waals surface area contributed by atoms with Crippen LogP contribution in [-0.2, 0) is 6.54 Å². The maximum absolute atomic E-state index is 3.69. The third kappa shape index (κ3) is 3.32. The third-order valence-electron chi connectivity index (χ3n) is 4.31. The third-order valence-corrected chi connectivity index (χ3v) is 4.31. The predicted molar refractivity (Wildman–Crippen MR) is 74.2 cm³/mol. The summed E-state index contributed by atoms with van der Waals surface area (Å²) in [4.78, 5) is 0. The van der Waals surface area contributed by atoms with Crippen LogP contribution in [-0.4, -0.2) is 6.04 Å². The van der Waals surface area contributed by atoms with Gasteiger partial charge in [0.2, 0.25) is 0 Å². The Bertz CT molecular complexity index is 364. The summed E-state index contributed by atoms with van der Waals surface area (Å²) >= 11 is 0. The summed E-state index contributed by atoms with van der Waals surface area (Å²) in [7, 11) is 0. The first kappa shape index (κ1) is 12.6. The molecule has 1 aliphatic carbocycles. The first-order valence-electron chi connectivity index (χ1n) is 6.96. The highest BCUT2D eigenvalue weighted by Crippen LogP contribution is 2.27. The number of nitrogens with one attached hydrogen (secondary N) is 1. The molecule has 1 unspecified atom stereocenters. The molecule has 1 heteroatoms. The minimum atomic E-state index is 0.666. The molecule has 0 radical (unpaired) electrons. The van der Waals surface area contributed by atoms with Gasteiger partial charge in [0.15, 0.2) is 0 Å². The lowest BCUT2D eigenvalue weighted by atomic mass is 9.99. The second-order valence-electron chi connectivity index (χ2n) is 5.63. The molecule has 2 rings (SSSR count). The smallest absolute Gasteiger partial charge is 0.0208 e. The van der Waals surface area contributed by atoms with E-state index < -0.39 is 0 Å². The molecule has 17 heavy (non-hydrogen) atoms. The average Bonchev–Trinajstić information content (AvgIpc) is 2.84. The van der Waals surface area contributed by atoms with Gasteiger partial charge < -0.3 is 5.32 Å². The highest BCUT2D eigenvalue weighted by Gasteiger charge is 2.20. The molecule has 1 nitrogen and oxygen atoms in total. The Hall–Kier alpha value is -0.820. The Morgan fingerprint density at radius 1 is 1.18 bits per heavy atom. The van der Waals surface area contributed by atoms with Crippen molar-refractivity contribution in [1.29, 1.82) is 0 Å². The average molecular weight is 231 g/mol. The van der Waals surface area contributed by atoms with E-state index in [1.54, 1.807) is 0 Å². The second-order valence-corrected chi connectivity index (χ2v) is 5.63. The normalized spacial score (nSPS) is 18.5. The molecule has 0 bridgehead atoms. The Kier molecular flexibility index (Phi) is 4.22. The molecule has 0 amide bonds. The van der Waals surface area contributed by atoms with E-state index in [1.165, 1.54) is 42.4 Å². The second kappa shape index (κ2) is 5.68. The summed E-state index contributed by atoms with van der Waals surface area (Å²) in [6, 6.07) is 7.45. The van der Waals surface area contributed by atoms with Crippen LogP contribution in [0.25, 0.3) is 0 Å². The fourth-order valence-electron chi connectivity index (χ4n) is 2.82. The van der Waals surface area contributed by atoms with Crippen molar-refractivity contribution in [2.45, 2.75) is 59.0 Å². The molecule has 0 heterocycles. The van der Waals surface area contributed by atoms with E-state index in [1.807, 2.05) is 0 Å². The molecule has 94 valence electrons. The van der Waals surface area contributed by atoms with E-state index in [2.05, 4.69) is 44.3 Å². The van der Waals surface area contributed by atoms with Crippen LogP contribution in [0.4, 0.5) is 0 Å². The van der Waals surface area contributed by atoms with Crippen LogP contribution < -0.4 is 5.32 Å². The Labute approximate surface area is 106 Å². The first-order valence-corrected chi connectivity index (χ1v) is 6.96. The highest BCUT2D eigenvalue weighted by molar-refractivity contribution is 5.29. The summed E-state index contributed by atoms with van der Waals surface area (Å²) in [5, 5.41) is 3.69. The molecule has 1 aliphatic rings. The van der Waals surface area contributed by atoms with Crippen molar-refractivity contribution in [2.24, 2.45) is 5.92 Å². The Balaban J connectivity index is 1.86. The lowest BCUT2D eigenvalue weighted by Gasteiger charge is -2.20. The van der Waals surface area contributed by atoms with E-state index in [-0.39, 0.29) is 0 Å². The fraction of sp³-hybridized carbons (Fsp3) is 0.625. The van der Waals surface area contributed by atoms with Crippen LogP contribution in [0, 0.1) is 19.8 Å². The molecule has 0 aromatic heterocycles. The zero-order valence-electron chi connectivity index (χ0n) is 11.4. The number of benzene rings is 1. The minimum Gasteiger partial charge on any atom is -0.310 e. The summed E-state index contributed by atoms with van der Waals surface area (Å²) in [6.45, 7) is 7.72. The van der Waals surface area contributed by atoms with Crippen molar-refractivity contribution in [3.05, 3.63) is 34.9 Å². The summed E-state index contributed by atoms with van der Waals surface area (Å²) < 4.78 is 0. The van der Waals surface area contributed by atoms with Crippen LogP contribution in [0.1, 0.15) is 49.3 Å². The number of aryl methyl sites for hydroxylation is 2. The molecule has 0 saturated heterocycles. The molecular weight excluding hydrogens is 206 g/mol. The van der Waals surface area contributed by atoms with Crippen LogP contribution in [0.5, 0.6) is 0 Å². The van der Waals surface area contributed by atoms with E-state index in [4.69, 9.17) is 0 Å². The van der Waals surface area contributed by atoms with Gasteiger partial charge in [0.05, 0.1) is 0 Å². The van der Waals surface area contributed by atoms with Gasteiger partial charge in [-0.2, -0.15) is 0 Å². The van der Waals surface area contributed by atoms with Crippen LogP contribution in [0.15, 0.2) is 18.2 Å². The van der Waals surface area contributed by atoms with Crippen molar-refractivity contribution in [3.8, 4) is 0 Å². The number of hydrogen-bond acceptors (Lipinski definition) is 1. The molecule has 1 saturated carbocycles. The molecule has 1 N–H and O–H groups in total. The quantitative estimate of drug-likeness (QED) is 0.826. The van der Waals surface area contributed by atoms with Crippen LogP contribution in [0.3, 0.4) is 0 Å². The monoisotopic (exact) mass is 231 g/mol. The predicted octanol–water partition coefficient (Wildman–Crippen LogP) is 3.97. The summed E-state index contributed by atoms with van der Waals surface area (Å²) in [5.74, 6) is 0.904. The van der Waals surface area contributed by atoms with Crippen molar-refractivity contribution in [2.75, 3.05) is 0 Å². The minimum absolute atomic E-state index is 0.666. The standard InChI is InChI=1S/C16H25N/c1-12-8-9-15(10-13(12)2)11-17-14(3)16-6-4-5-7-16/h8-10,14,16-17H,4-7,11H2,1-3H3. The van der Waals surface area contributed by atoms with Gasteiger partial charge in [0.1, 0.15) is 0 Å². The van der Waals surface area contributed by atoms with Gasteiger partial charge in [-0.15, -0.1) is 0 Å². The fourth-order valence-corrected chi connectivity index (χ4v) is 2.82. The largest absolute Gasteiger partial charge is 0.310 e. The molecular formula is C16H25N. The number of hydrogen-bond donors (Lipinski definition) is 1. The SMILES string of the molecule is Cc1ccc(CNC(C)C2CCCC2)cc1C. The summed E-state index contributed by atoms with van der Waals surface area (Å²) in [5.41, 5.74) is 4.20. The Morgan fingerprint density at radius 3 is 2.53 bits per heavy atom. The zero-order chi connectivity index (χ0) is 12.3. The molecule has 1 aromatic carbocycles. The van der Waals surface area contributed by atoms with Gasteiger partial charge in [-0.05, 0) is 56.2 Å². The van der Waals surface area contributed by atoms with E-state index in [9.17, 15) is 0 Å². The van der Waals surface area contributed by atoms with Crippen molar-refractivity contribution in [3.63, 3.8) is 0 Å².